The van der Waals surface area contributed by atoms with E-state index in [0.717, 1.165) is 5.56 Å². The Hall–Kier alpha value is -1.44. The van der Waals surface area contributed by atoms with E-state index in [2.05, 4.69) is 31.9 Å². The zero-order valence-electron chi connectivity index (χ0n) is 10.9. The molecule has 2 aromatic rings. The van der Waals surface area contributed by atoms with Crippen molar-refractivity contribution in [2.24, 2.45) is 0 Å². The van der Waals surface area contributed by atoms with Crippen molar-refractivity contribution in [1.29, 1.82) is 0 Å². The monoisotopic (exact) mass is 415 g/mol. The van der Waals surface area contributed by atoms with E-state index < -0.39 is 11.0 Å². The molecule has 0 saturated carbocycles. The summed E-state index contributed by atoms with van der Waals surface area (Å²) in [6.45, 7) is 1.68. The molecule has 0 radical (unpaired) electrons. The maximum absolute atomic E-state index is 10.8. The third-order valence-corrected chi connectivity index (χ3v) is 3.95. The van der Waals surface area contributed by atoms with Gasteiger partial charge in [0.15, 0.2) is 5.75 Å². The molecular weight excluding hydrogens is 406 g/mol. The van der Waals surface area contributed by atoms with E-state index >= 15 is 0 Å². The van der Waals surface area contributed by atoms with Crippen molar-refractivity contribution in [3.8, 4) is 11.5 Å². The van der Waals surface area contributed by atoms with Gasteiger partial charge < -0.3 is 9.84 Å². The summed E-state index contributed by atoms with van der Waals surface area (Å²) >= 11 is 6.52. The number of nitro groups is 1. The molecule has 2 aromatic carbocycles. The lowest BCUT2D eigenvalue weighted by molar-refractivity contribution is -0.385. The SMILES string of the molecule is CC(O)c1ccc(Oc2c(Br)cc([N+](=O)[O-])cc2Br)cc1. The van der Waals surface area contributed by atoms with Gasteiger partial charge in [0, 0.05) is 12.1 Å². The van der Waals surface area contributed by atoms with Crippen LogP contribution in [0.1, 0.15) is 18.6 Å². The molecule has 0 aliphatic carbocycles. The largest absolute Gasteiger partial charge is 0.455 e. The van der Waals surface area contributed by atoms with Gasteiger partial charge in [-0.3, -0.25) is 10.1 Å². The third kappa shape index (κ3) is 3.81. The fourth-order valence-corrected chi connectivity index (χ4v) is 3.01. The molecule has 0 aliphatic heterocycles. The van der Waals surface area contributed by atoms with Gasteiger partial charge in [-0.05, 0) is 56.5 Å². The lowest BCUT2D eigenvalue weighted by Gasteiger charge is -2.11. The van der Waals surface area contributed by atoms with Gasteiger partial charge in [0.05, 0.1) is 20.0 Å². The van der Waals surface area contributed by atoms with Crippen LogP contribution in [0.5, 0.6) is 11.5 Å². The number of ether oxygens (including phenoxy) is 1. The van der Waals surface area contributed by atoms with Crippen LogP contribution in [0.15, 0.2) is 45.3 Å². The minimum absolute atomic E-state index is 0.0365. The highest BCUT2D eigenvalue weighted by molar-refractivity contribution is 9.11. The number of hydrogen-bond acceptors (Lipinski definition) is 4. The van der Waals surface area contributed by atoms with Crippen molar-refractivity contribution in [3.63, 3.8) is 0 Å². The van der Waals surface area contributed by atoms with Gasteiger partial charge in [0.25, 0.3) is 5.69 Å². The minimum atomic E-state index is -0.545. The average Bonchev–Trinajstić information content (AvgIpc) is 2.43. The third-order valence-electron chi connectivity index (χ3n) is 2.78. The normalized spacial score (nSPS) is 12.0. The van der Waals surface area contributed by atoms with Crippen LogP contribution in [0.25, 0.3) is 0 Å². The number of non-ortho nitro benzene ring substituents is 1. The summed E-state index contributed by atoms with van der Waals surface area (Å²) in [5.41, 5.74) is 0.745. The molecule has 5 nitrogen and oxygen atoms in total. The van der Waals surface area contributed by atoms with E-state index in [1.165, 1.54) is 12.1 Å². The molecule has 0 amide bonds. The molecule has 1 unspecified atom stereocenters. The van der Waals surface area contributed by atoms with Crippen LogP contribution in [-0.4, -0.2) is 10.0 Å². The molecule has 1 atom stereocenters. The van der Waals surface area contributed by atoms with Crippen molar-refractivity contribution in [2.75, 3.05) is 0 Å². The summed E-state index contributed by atoms with van der Waals surface area (Å²) < 4.78 is 6.66. The number of nitrogens with zero attached hydrogens (tertiary/aromatic N) is 1. The first-order valence-corrected chi connectivity index (χ1v) is 7.56. The summed E-state index contributed by atoms with van der Waals surface area (Å²) in [7, 11) is 0. The standard InChI is InChI=1S/C14H11Br2NO4/c1-8(18)9-2-4-11(5-3-9)21-14-12(15)6-10(17(19)20)7-13(14)16/h2-8,18H,1H3. The summed E-state index contributed by atoms with van der Waals surface area (Å²) in [6, 6.07) is 9.72. The van der Waals surface area contributed by atoms with Crippen molar-refractivity contribution >= 4 is 37.5 Å². The van der Waals surface area contributed by atoms with Crippen LogP contribution in [-0.2, 0) is 0 Å². The highest BCUT2D eigenvalue weighted by Crippen LogP contribution is 2.39. The summed E-state index contributed by atoms with van der Waals surface area (Å²) in [5, 5.41) is 20.2. The van der Waals surface area contributed by atoms with Crippen LogP contribution in [0.4, 0.5) is 5.69 Å². The van der Waals surface area contributed by atoms with Gasteiger partial charge in [-0.15, -0.1) is 0 Å². The Labute approximate surface area is 138 Å². The topological polar surface area (TPSA) is 72.6 Å². The number of halogens is 2. The number of benzene rings is 2. The zero-order chi connectivity index (χ0) is 15.6. The molecule has 0 aromatic heterocycles. The van der Waals surface area contributed by atoms with Gasteiger partial charge in [0.2, 0.25) is 0 Å². The fraction of sp³-hybridized carbons (Fsp3) is 0.143. The lowest BCUT2D eigenvalue weighted by atomic mass is 10.1. The Morgan fingerprint density at radius 2 is 1.71 bits per heavy atom. The first-order chi connectivity index (χ1) is 9.88. The van der Waals surface area contributed by atoms with Gasteiger partial charge in [-0.25, -0.2) is 0 Å². The molecule has 110 valence electrons. The maximum atomic E-state index is 10.8. The number of aliphatic hydroxyl groups is 1. The van der Waals surface area contributed by atoms with Gasteiger partial charge >= 0.3 is 0 Å². The van der Waals surface area contributed by atoms with E-state index in [0.29, 0.717) is 20.4 Å². The number of rotatable bonds is 4. The van der Waals surface area contributed by atoms with E-state index in [1.54, 1.807) is 31.2 Å². The Morgan fingerprint density at radius 3 is 2.14 bits per heavy atom. The van der Waals surface area contributed by atoms with E-state index in [1.807, 2.05) is 0 Å². The second-order valence-electron chi connectivity index (χ2n) is 4.34. The Balaban J connectivity index is 2.29. The quantitative estimate of drug-likeness (QED) is 0.564. The highest BCUT2D eigenvalue weighted by Gasteiger charge is 2.15. The molecule has 0 aliphatic rings. The van der Waals surface area contributed by atoms with Crippen LogP contribution in [0.3, 0.4) is 0 Å². The second kappa shape index (κ2) is 6.55. The minimum Gasteiger partial charge on any atom is -0.455 e. The van der Waals surface area contributed by atoms with E-state index in [4.69, 9.17) is 4.74 Å². The molecule has 0 spiro atoms. The molecule has 2 rings (SSSR count). The second-order valence-corrected chi connectivity index (χ2v) is 6.05. The maximum Gasteiger partial charge on any atom is 0.271 e. The molecule has 7 heteroatoms. The van der Waals surface area contributed by atoms with E-state index in [-0.39, 0.29) is 5.69 Å². The van der Waals surface area contributed by atoms with Crippen molar-refractivity contribution < 1.29 is 14.8 Å². The highest BCUT2D eigenvalue weighted by atomic mass is 79.9. The Kier molecular flexibility index (Phi) is 4.97. The smallest absolute Gasteiger partial charge is 0.271 e. The molecule has 0 bridgehead atoms. The van der Waals surface area contributed by atoms with Crippen LogP contribution in [0, 0.1) is 10.1 Å². The number of hydrogen-bond donors (Lipinski definition) is 1. The zero-order valence-corrected chi connectivity index (χ0v) is 14.1. The first kappa shape index (κ1) is 15.9. The van der Waals surface area contributed by atoms with Crippen molar-refractivity contribution in [2.45, 2.75) is 13.0 Å². The first-order valence-electron chi connectivity index (χ1n) is 5.98. The van der Waals surface area contributed by atoms with Crippen molar-refractivity contribution in [1.82, 2.24) is 0 Å². The number of nitro benzene ring substituents is 1. The van der Waals surface area contributed by atoms with Gasteiger partial charge in [0.1, 0.15) is 5.75 Å². The van der Waals surface area contributed by atoms with Crippen LogP contribution < -0.4 is 4.74 Å². The molecular formula is C14H11Br2NO4. The Bertz CT molecular complexity index is 648. The molecule has 0 saturated heterocycles. The molecule has 0 fully saturated rings. The molecule has 0 heterocycles. The summed E-state index contributed by atoms with van der Waals surface area (Å²) in [6.07, 6.45) is -0.545. The molecule has 1 N–H and O–H groups in total. The van der Waals surface area contributed by atoms with Crippen molar-refractivity contribution in [3.05, 3.63) is 61.0 Å². The lowest BCUT2D eigenvalue weighted by Crippen LogP contribution is -1.93. The summed E-state index contributed by atoms with van der Waals surface area (Å²) in [5.74, 6) is 1.01. The number of aliphatic hydroxyl groups excluding tert-OH is 1. The predicted molar refractivity (Wildman–Crippen MR) is 85.6 cm³/mol. The predicted octanol–water partition coefficient (Wildman–Crippen LogP) is 4.97. The van der Waals surface area contributed by atoms with E-state index in [9.17, 15) is 15.2 Å². The Morgan fingerprint density at radius 1 is 1.19 bits per heavy atom. The fourth-order valence-electron chi connectivity index (χ4n) is 1.68. The molecule has 21 heavy (non-hydrogen) atoms. The van der Waals surface area contributed by atoms with Crippen LogP contribution >= 0.6 is 31.9 Å². The van der Waals surface area contributed by atoms with Gasteiger partial charge in [-0.2, -0.15) is 0 Å². The summed E-state index contributed by atoms with van der Waals surface area (Å²) in [4.78, 5) is 10.3. The average molecular weight is 417 g/mol. The van der Waals surface area contributed by atoms with Crippen LogP contribution in [0.2, 0.25) is 0 Å². The van der Waals surface area contributed by atoms with Gasteiger partial charge in [-0.1, -0.05) is 12.1 Å².